The van der Waals surface area contributed by atoms with Crippen molar-refractivity contribution >= 4 is 5.90 Å². The van der Waals surface area contributed by atoms with Gasteiger partial charge < -0.3 is 9.84 Å². The van der Waals surface area contributed by atoms with Crippen LogP contribution >= 0.6 is 0 Å². The van der Waals surface area contributed by atoms with Gasteiger partial charge in [0.05, 0.1) is 18.3 Å². The lowest BCUT2D eigenvalue weighted by molar-refractivity contribution is 0.405. The second-order valence-electron chi connectivity index (χ2n) is 6.59. The minimum absolute atomic E-state index is 0.104. The Morgan fingerprint density at radius 3 is 2.70 bits per heavy atom. The Morgan fingerprint density at radius 2 is 2.00 bits per heavy atom. The lowest BCUT2D eigenvalue weighted by Crippen LogP contribution is -2.31. The predicted octanol–water partition coefficient (Wildman–Crippen LogP) is 3.59. The van der Waals surface area contributed by atoms with E-state index in [0.717, 1.165) is 22.4 Å². The van der Waals surface area contributed by atoms with Gasteiger partial charge in [0.25, 0.3) is 0 Å². The molecule has 0 radical (unpaired) electrons. The van der Waals surface area contributed by atoms with Crippen molar-refractivity contribution in [2.75, 3.05) is 0 Å². The van der Waals surface area contributed by atoms with E-state index in [4.69, 9.17) is 10.1 Å². The smallest absolute Gasteiger partial charge is 0.224 e. The van der Waals surface area contributed by atoms with Gasteiger partial charge in [-0.25, -0.2) is 4.68 Å². The van der Waals surface area contributed by atoms with Gasteiger partial charge in [-0.15, -0.1) is 0 Å². The van der Waals surface area contributed by atoms with E-state index in [1.54, 1.807) is 22.9 Å². The van der Waals surface area contributed by atoms with E-state index in [-0.39, 0.29) is 11.6 Å². The van der Waals surface area contributed by atoms with Crippen molar-refractivity contribution < 1.29 is 9.84 Å². The van der Waals surface area contributed by atoms with Crippen LogP contribution in [-0.4, -0.2) is 20.8 Å². The summed E-state index contributed by atoms with van der Waals surface area (Å²) in [7, 11) is 0. The molecule has 4 rings (SSSR count). The van der Waals surface area contributed by atoms with Gasteiger partial charge >= 0.3 is 0 Å². The summed E-state index contributed by atoms with van der Waals surface area (Å²) in [6.07, 6.45) is 0. The summed E-state index contributed by atoms with van der Waals surface area (Å²) in [5, 5.41) is 32.4. The first-order valence-electron chi connectivity index (χ1n) is 8.64. The summed E-state index contributed by atoms with van der Waals surface area (Å²) < 4.78 is 7.47. The van der Waals surface area contributed by atoms with Gasteiger partial charge in [0.2, 0.25) is 11.8 Å². The van der Waals surface area contributed by atoms with Gasteiger partial charge in [0, 0.05) is 11.5 Å². The summed E-state index contributed by atoms with van der Waals surface area (Å²) in [6.45, 7) is 2.39. The summed E-state index contributed by atoms with van der Waals surface area (Å²) in [4.78, 5) is 0. The first kappa shape index (κ1) is 16.9. The number of aromatic hydroxyl groups is 1. The third-order valence-corrected chi connectivity index (χ3v) is 4.80. The van der Waals surface area contributed by atoms with Gasteiger partial charge in [-0.3, -0.25) is 5.41 Å². The second kappa shape index (κ2) is 6.61. The topological polar surface area (TPSA) is 94.9 Å². The van der Waals surface area contributed by atoms with Crippen molar-refractivity contribution in [1.82, 2.24) is 9.78 Å². The van der Waals surface area contributed by atoms with Crippen LogP contribution in [0.5, 0.6) is 11.6 Å². The second-order valence-corrected chi connectivity index (χ2v) is 6.59. The number of phenolic OH excluding ortho intramolecular Hbond substituents is 1. The highest BCUT2D eigenvalue weighted by Crippen LogP contribution is 2.44. The predicted molar refractivity (Wildman–Crippen MR) is 99.9 cm³/mol. The molecule has 6 nitrogen and oxygen atoms in total. The van der Waals surface area contributed by atoms with E-state index in [1.807, 2.05) is 43.3 Å². The van der Waals surface area contributed by atoms with Crippen LogP contribution in [0.1, 0.15) is 28.3 Å². The van der Waals surface area contributed by atoms with Crippen molar-refractivity contribution in [2.45, 2.75) is 19.4 Å². The zero-order valence-electron chi connectivity index (χ0n) is 14.8. The van der Waals surface area contributed by atoms with Gasteiger partial charge in [0.1, 0.15) is 11.7 Å². The molecule has 2 unspecified atom stereocenters. The summed E-state index contributed by atoms with van der Waals surface area (Å²) in [5.41, 5.74) is 3.37. The molecule has 0 saturated heterocycles. The van der Waals surface area contributed by atoms with E-state index >= 15 is 0 Å². The fourth-order valence-corrected chi connectivity index (χ4v) is 3.60. The monoisotopic (exact) mass is 358 g/mol. The Balaban J connectivity index is 1.85. The van der Waals surface area contributed by atoms with Crippen molar-refractivity contribution in [2.24, 2.45) is 5.92 Å². The number of nitrogens with one attached hydrogen (secondary N) is 1. The summed E-state index contributed by atoms with van der Waals surface area (Å²) in [6, 6.07) is 18.9. The van der Waals surface area contributed by atoms with E-state index in [1.165, 1.54) is 0 Å². The summed E-state index contributed by atoms with van der Waals surface area (Å²) in [5.74, 6) is -0.679. The normalized spacial score (nSPS) is 18.4. The molecule has 0 bridgehead atoms. The number of hydrogen-bond donors (Lipinski definition) is 2. The van der Waals surface area contributed by atoms with Crippen LogP contribution in [0.25, 0.3) is 0 Å². The first-order chi connectivity index (χ1) is 13.1. The maximum Gasteiger partial charge on any atom is 0.224 e. The number of hydrogen-bond acceptors (Lipinski definition) is 5. The Labute approximate surface area is 156 Å². The molecule has 6 heteroatoms. The van der Waals surface area contributed by atoms with Crippen LogP contribution in [0.4, 0.5) is 0 Å². The zero-order chi connectivity index (χ0) is 19.0. The number of aromatic nitrogens is 2. The van der Waals surface area contributed by atoms with Crippen molar-refractivity contribution in [3.05, 3.63) is 77.0 Å². The molecule has 2 atom stereocenters. The highest BCUT2D eigenvalue weighted by molar-refractivity contribution is 5.85. The third kappa shape index (κ3) is 2.93. The Hall–Kier alpha value is -3.59. The minimum atomic E-state index is -0.771. The molecular formula is C21H18N4O2. The lowest BCUT2D eigenvalue weighted by atomic mass is 9.79. The molecule has 2 aromatic carbocycles. The molecule has 2 heterocycles. The number of nitriles is 1. The van der Waals surface area contributed by atoms with Crippen LogP contribution in [0.15, 0.2) is 54.6 Å². The van der Waals surface area contributed by atoms with E-state index < -0.39 is 11.8 Å². The fourth-order valence-electron chi connectivity index (χ4n) is 3.60. The highest BCUT2D eigenvalue weighted by atomic mass is 16.5. The molecule has 27 heavy (non-hydrogen) atoms. The van der Waals surface area contributed by atoms with E-state index in [9.17, 15) is 10.4 Å². The molecule has 1 aromatic heterocycles. The summed E-state index contributed by atoms with van der Waals surface area (Å²) >= 11 is 0. The number of nitrogens with zero attached hydrogens (tertiary/aromatic N) is 3. The Kier molecular flexibility index (Phi) is 4.13. The number of rotatable bonds is 3. The molecule has 0 aliphatic carbocycles. The molecule has 134 valence electrons. The SMILES string of the molecule is Cc1nn(Cc2ccccc2)c2c1C(c1cccc(O)c1)C(C#N)C(=N)O2. The van der Waals surface area contributed by atoms with Gasteiger partial charge in [-0.2, -0.15) is 10.4 Å². The van der Waals surface area contributed by atoms with Crippen LogP contribution in [0, 0.1) is 29.6 Å². The number of aryl methyl sites for hydroxylation is 1. The van der Waals surface area contributed by atoms with Crippen molar-refractivity contribution in [1.29, 1.82) is 10.7 Å². The fraction of sp³-hybridized carbons (Fsp3) is 0.190. The number of fused-ring (bicyclic) bond motifs is 1. The van der Waals surface area contributed by atoms with Gasteiger partial charge in [-0.1, -0.05) is 42.5 Å². The minimum Gasteiger partial charge on any atom is -0.508 e. The van der Waals surface area contributed by atoms with Crippen LogP contribution in [0.3, 0.4) is 0 Å². The molecule has 3 aromatic rings. The van der Waals surface area contributed by atoms with E-state index in [2.05, 4.69) is 11.2 Å². The molecule has 1 aliphatic heterocycles. The number of phenols is 1. The molecule has 2 N–H and O–H groups in total. The maximum atomic E-state index is 9.90. The molecule has 1 aliphatic rings. The molecule has 0 amide bonds. The van der Waals surface area contributed by atoms with Crippen LogP contribution < -0.4 is 4.74 Å². The Bertz CT molecular complexity index is 1050. The first-order valence-corrected chi connectivity index (χ1v) is 8.64. The lowest BCUT2D eigenvalue weighted by Gasteiger charge is -2.28. The zero-order valence-corrected chi connectivity index (χ0v) is 14.8. The van der Waals surface area contributed by atoms with Gasteiger partial charge in [-0.05, 0) is 30.2 Å². The molecule has 0 saturated carbocycles. The molecule has 0 spiro atoms. The third-order valence-electron chi connectivity index (χ3n) is 4.80. The average molecular weight is 358 g/mol. The van der Waals surface area contributed by atoms with Crippen LogP contribution in [-0.2, 0) is 6.54 Å². The largest absolute Gasteiger partial charge is 0.508 e. The molecule has 0 fully saturated rings. The quantitative estimate of drug-likeness (QED) is 0.748. The number of ether oxygens (including phenoxy) is 1. The van der Waals surface area contributed by atoms with E-state index in [0.29, 0.717) is 12.4 Å². The Morgan fingerprint density at radius 1 is 1.22 bits per heavy atom. The highest BCUT2D eigenvalue weighted by Gasteiger charge is 2.41. The van der Waals surface area contributed by atoms with Crippen molar-refractivity contribution in [3.63, 3.8) is 0 Å². The molecular weight excluding hydrogens is 340 g/mol. The van der Waals surface area contributed by atoms with Crippen LogP contribution in [0.2, 0.25) is 0 Å². The maximum absolute atomic E-state index is 9.90. The number of benzene rings is 2. The average Bonchev–Trinajstić information content (AvgIpc) is 2.96. The van der Waals surface area contributed by atoms with Gasteiger partial charge in [0.15, 0.2) is 0 Å². The standard InChI is InChI=1S/C21H18N4O2/c1-13-18-19(15-8-5-9-16(26)10-15)17(11-22)20(23)27-21(18)25(24-13)12-14-6-3-2-4-7-14/h2-10,17,19,23,26H,12H2,1H3. The van der Waals surface area contributed by atoms with Crippen molar-refractivity contribution in [3.8, 4) is 17.7 Å².